The molecule has 0 aliphatic rings. The summed E-state index contributed by atoms with van der Waals surface area (Å²) in [5.41, 5.74) is 2.29. The Morgan fingerprint density at radius 2 is 2.00 bits per heavy atom. The van der Waals surface area contributed by atoms with Gasteiger partial charge in [-0.15, -0.1) is 0 Å². The van der Waals surface area contributed by atoms with Crippen LogP contribution in [0.3, 0.4) is 0 Å². The lowest BCUT2D eigenvalue weighted by Crippen LogP contribution is -2.12. The Kier molecular flexibility index (Phi) is 2.79. The number of fused-ring (bicyclic) bond motifs is 1. The van der Waals surface area contributed by atoms with E-state index in [1.807, 2.05) is 38.1 Å². The standard InChI is InChI=1S/C13H12N4OS/c1-8-3-5-10(6-4-8)14-12(18)11-7-17-13(15-11)19-9(2)16-17/h3-7H,1-2H3,(H,14,18). The average molecular weight is 272 g/mol. The highest BCUT2D eigenvalue weighted by atomic mass is 32.1. The number of benzene rings is 1. The van der Waals surface area contributed by atoms with Gasteiger partial charge in [-0.1, -0.05) is 29.0 Å². The van der Waals surface area contributed by atoms with E-state index in [2.05, 4.69) is 15.4 Å². The number of carbonyl (C=O) groups excluding carboxylic acids is 1. The van der Waals surface area contributed by atoms with Crippen LogP contribution in [0.1, 0.15) is 21.1 Å². The first-order valence-corrected chi connectivity index (χ1v) is 6.64. The van der Waals surface area contributed by atoms with Gasteiger partial charge in [-0.3, -0.25) is 4.79 Å². The maximum atomic E-state index is 12.0. The van der Waals surface area contributed by atoms with E-state index in [1.165, 1.54) is 11.3 Å². The minimum absolute atomic E-state index is 0.223. The minimum Gasteiger partial charge on any atom is -0.321 e. The quantitative estimate of drug-likeness (QED) is 0.780. The van der Waals surface area contributed by atoms with Crippen LogP contribution in [0.4, 0.5) is 5.69 Å². The van der Waals surface area contributed by atoms with E-state index in [0.717, 1.165) is 21.2 Å². The zero-order valence-electron chi connectivity index (χ0n) is 10.5. The van der Waals surface area contributed by atoms with Gasteiger partial charge >= 0.3 is 0 Å². The van der Waals surface area contributed by atoms with Crippen LogP contribution in [0.2, 0.25) is 0 Å². The predicted octanol–water partition coefficient (Wildman–Crippen LogP) is 2.66. The van der Waals surface area contributed by atoms with Crippen molar-refractivity contribution < 1.29 is 4.79 Å². The maximum absolute atomic E-state index is 12.0. The third-order valence-electron chi connectivity index (χ3n) is 2.69. The molecule has 6 heteroatoms. The van der Waals surface area contributed by atoms with Crippen LogP contribution < -0.4 is 5.32 Å². The van der Waals surface area contributed by atoms with Gasteiger partial charge in [0.25, 0.3) is 5.91 Å². The van der Waals surface area contributed by atoms with Crippen LogP contribution >= 0.6 is 11.3 Å². The molecule has 0 fully saturated rings. The largest absolute Gasteiger partial charge is 0.321 e. The van der Waals surface area contributed by atoms with Crippen LogP contribution in [0.5, 0.6) is 0 Å². The molecular weight excluding hydrogens is 260 g/mol. The molecule has 0 bridgehead atoms. The maximum Gasteiger partial charge on any atom is 0.275 e. The smallest absolute Gasteiger partial charge is 0.275 e. The van der Waals surface area contributed by atoms with Crippen LogP contribution in [-0.4, -0.2) is 20.5 Å². The summed E-state index contributed by atoms with van der Waals surface area (Å²) in [5, 5.41) is 7.96. The van der Waals surface area contributed by atoms with Gasteiger partial charge in [-0.25, -0.2) is 9.50 Å². The second-order valence-electron chi connectivity index (χ2n) is 4.29. The van der Waals surface area contributed by atoms with Crippen LogP contribution in [0.25, 0.3) is 4.96 Å². The van der Waals surface area contributed by atoms with Crippen molar-refractivity contribution in [2.45, 2.75) is 13.8 Å². The zero-order chi connectivity index (χ0) is 13.4. The zero-order valence-corrected chi connectivity index (χ0v) is 11.4. The van der Waals surface area contributed by atoms with Crippen molar-refractivity contribution in [3.63, 3.8) is 0 Å². The minimum atomic E-state index is -0.223. The van der Waals surface area contributed by atoms with E-state index in [9.17, 15) is 4.79 Å². The fraction of sp³-hybridized carbons (Fsp3) is 0.154. The topological polar surface area (TPSA) is 59.3 Å². The third-order valence-corrected chi connectivity index (χ3v) is 3.52. The number of aromatic nitrogens is 3. The first-order valence-electron chi connectivity index (χ1n) is 5.83. The molecule has 0 saturated carbocycles. The Morgan fingerprint density at radius 1 is 1.26 bits per heavy atom. The second kappa shape index (κ2) is 4.47. The molecule has 96 valence electrons. The van der Waals surface area contributed by atoms with Crippen molar-refractivity contribution in [2.75, 3.05) is 5.32 Å². The lowest BCUT2D eigenvalue weighted by molar-refractivity contribution is 0.102. The first kappa shape index (κ1) is 11.9. The highest BCUT2D eigenvalue weighted by molar-refractivity contribution is 7.16. The Bertz CT molecular complexity index is 710. The third kappa shape index (κ3) is 2.34. The van der Waals surface area contributed by atoms with E-state index in [1.54, 1.807) is 10.7 Å². The van der Waals surface area contributed by atoms with Crippen molar-refractivity contribution in [1.29, 1.82) is 0 Å². The van der Waals surface area contributed by atoms with Crippen LogP contribution in [-0.2, 0) is 0 Å². The molecule has 0 aliphatic heterocycles. The number of nitrogens with one attached hydrogen (secondary N) is 1. The highest BCUT2D eigenvalue weighted by Gasteiger charge is 2.13. The van der Waals surface area contributed by atoms with Crippen LogP contribution in [0, 0.1) is 13.8 Å². The predicted molar refractivity (Wildman–Crippen MR) is 74.7 cm³/mol. The first-order chi connectivity index (χ1) is 9.11. The molecule has 0 unspecified atom stereocenters. The van der Waals surface area contributed by atoms with Gasteiger partial charge in [0.15, 0.2) is 0 Å². The summed E-state index contributed by atoms with van der Waals surface area (Å²) in [6.07, 6.45) is 1.64. The molecule has 19 heavy (non-hydrogen) atoms. The summed E-state index contributed by atoms with van der Waals surface area (Å²) in [6.45, 7) is 3.91. The molecule has 2 aromatic heterocycles. The molecule has 1 N–H and O–H groups in total. The lowest BCUT2D eigenvalue weighted by Gasteiger charge is -2.02. The summed E-state index contributed by atoms with van der Waals surface area (Å²) < 4.78 is 1.63. The number of carbonyl (C=O) groups is 1. The molecule has 0 saturated heterocycles. The number of amides is 1. The van der Waals surface area contributed by atoms with Gasteiger partial charge in [0, 0.05) is 5.69 Å². The molecule has 5 nitrogen and oxygen atoms in total. The molecule has 2 heterocycles. The van der Waals surface area contributed by atoms with Crippen molar-refractivity contribution >= 4 is 27.9 Å². The van der Waals surface area contributed by atoms with E-state index in [4.69, 9.17) is 0 Å². The molecule has 0 spiro atoms. The van der Waals surface area contributed by atoms with Crippen LogP contribution in [0.15, 0.2) is 30.5 Å². The van der Waals surface area contributed by atoms with Crippen molar-refractivity contribution in [3.05, 3.63) is 46.7 Å². The number of hydrogen-bond donors (Lipinski definition) is 1. The fourth-order valence-corrected chi connectivity index (χ4v) is 2.47. The monoisotopic (exact) mass is 272 g/mol. The molecule has 3 rings (SSSR count). The molecule has 1 amide bonds. The van der Waals surface area contributed by atoms with Crippen molar-refractivity contribution in [3.8, 4) is 0 Å². The number of nitrogens with zero attached hydrogens (tertiary/aromatic N) is 3. The average Bonchev–Trinajstić information content (AvgIpc) is 2.89. The van der Waals surface area contributed by atoms with E-state index < -0.39 is 0 Å². The molecular formula is C13H12N4OS. The van der Waals surface area contributed by atoms with Crippen molar-refractivity contribution in [2.24, 2.45) is 0 Å². The Labute approximate surface area is 113 Å². The van der Waals surface area contributed by atoms with Gasteiger partial charge in [0.2, 0.25) is 4.96 Å². The SMILES string of the molecule is Cc1ccc(NC(=O)c2cn3nc(C)sc3n2)cc1. The summed E-state index contributed by atoms with van der Waals surface area (Å²) in [6, 6.07) is 7.64. The number of anilines is 1. The van der Waals surface area contributed by atoms with Gasteiger partial charge in [-0.2, -0.15) is 5.10 Å². The highest BCUT2D eigenvalue weighted by Crippen LogP contribution is 2.15. The number of rotatable bonds is 2. The number of imidazole rings is 1. The number of hydrogen-bond acceptors (Lipinski definition) is 4. The van der Waals surface area contributed by atoms with Crippen molar-refractivity contribution in [1.82, 2.24) is 14.6 Å². The molecule has 0 aliphatic carbocycles. The fourth-order valence-electron chi connectivity index (χ4n) is 1.74. The second-order valence-corrected chi connectivity index (χ2v) is 5.45. The van der Waals surface area contributed by atoms with E-state index in [-0.39, 0.29) is 5.91 Å². The lowest BCUT2D eigenvalue weighted by atomic mass is 10.2. The van der Waals surface area contributed by atoms with Gasteiger partial charge in [0.1, 0.15) is 10.7 Å². The molecule has 0 atom stereocenters. The summed E-state index contributed by atoms with van der Waals surface area (Å²) >= 11 is 1.46. The van der Waals surface area contributed by atoms with E-state index in [0.29, 0.717) is 5.69 Å². The molecule has 3 aromatic rings. The summed E-state index contributed by atoms with van der Waals surface area (Å²) in [7, 11) is 0. The molecule has 1 aromatic carbocycles. The number of aryl methyl sites for hydroxylation is 2. The normalized spacial score (nSPS) is 10.8. The van der Waals surface area contributed by atoms with Gasteiger partial charge in [0.05, 0.1) is 6.20 Å². The van der Waals surface area contributed by atoms with Gasteiger partial charge < -0.3 is 5.32 Å². The Balaban J connectivity index is 1.83. The summed E-state index contributed by atoms with van der Waals surface area (Å²) in [5.74, 6) is -0.223. The summed E-state index contributed by atoms with van der Waals surface area (Å²) in [4.78, 5) is 17.0. The van der Waals surface area contributed by atoms with E-state index >= 15 is 0 Å². The Morgan fingerprint density at radius 3 is 2.68 bits per heavy atom. The van der Waals surface area contributed by atoms with Gasteiger partial charge in [-0.05, 0) is 26.0 Å². The Hall–Kier alpha value is -2.21. The molecule has 0 radical (unpaired) electrons.